The first kappa shape index (κ1) is 11.1. The highest BCUT2D eigenvalue weighted by atomic mass is 35.5. The number of rotatable bonds is 1. The zero-order chi connectivity index (χ0) is 12.7. The van der Waals surface area contributed by atoms with E-state index in [1.807, 2.05) is 6.92 Å². The Balaban J connectivity index is 2.29. The molecule has 0 atom stereocenters. The molecule has 18 heavy (non-hydrogen) atoms. The predicted octanol–water partition coefficient (Wildman–Crippen LogP) is 2.89. The molecule has 0 N–H and O–H groups in total. The third kappa shape index (κ3) is 1.64. The molecule has 0 radical (unpaired) electrons. The zero-order valence-corrected chi connectivity index (χ0v) is 10.2. The van der Waals surface area contributed by atoms with E-state index in [-0.39, 0.29) is 11.0 Å². The van der Waals surface area contributed by atoms with Crippen LogP contribution in [0, 0.1) is 12.7 Å². The van der Waals surface area contributed by atoms with E-state index < -0.39 is 0 Å². The lowest BCUT2D eigenvalue weighted by Crippen LogP contribution is -1.93. The number of nitrogens with zero attached hydrogens (tertiary/aromatic N) is 4. The molecular weight excluding hydrogens is 255 g/mol. The molecule has 0 aliphatic carbocycles. The minimum absolute atomic E-state index is 0.273. The van der Waals surface area contributed by atoms with Gasteiger partial charge in [0.25, 0.3) is 0 Å². The minimum Gasteiger partial charge on any atom is -0.278 e. The molecule has 0 unspecified atom stereocenters. The van der Waals surface area contributed by atoms with Crippen molar-refractivity contribution in [2.45, 2.75) is 6.92 Å². The molecule has 1 aromatic carbocycles. The average Bonchev–Trinajstić information content (AvgIpc) is 2.74. The Bertz CT molecular complexity index is 738. The van der Waals surface area contributed by atoms with Crippen molar-refractivity contribution < 1.29 is 4.39 Å². The maximum absolute atomic E-state index is 13.1. The summed E-state index contributed by atoms with van der Waals surface area (Å²) < 4.78 is 14.8. The molecule has 0 amide bonds. The Morgan fingerprint density at radius 2 is 2.11 bits per heavy atom. The smallest absolute Gasteiger partial charge is 0.198 e. The van der Waals surface area contributed by atoms with Gasteiger partial charge in [-0.2, -0.15) is 0 Å². The summed E-state index contributed by atoms with van der Waals surface area (Å²) >= 11 is 5.93. The molecule has 3 aromatic rings. The quantitative estimate of drug-likeness (QED) is 0.677. The van der Waals surface area contributed by atoms with Crippen LogP contribution >= 0.6 is 11.6 Å². The molecular formula is C12H8ClFN4. The molecule has 0 aliphatic rings. The van der Waals surface area contributed by atoms with Crippen LogP contribution in [0.5, 0.6) is 0 Å². The van der Waals surface area contributed by atoms with Gasteiger partial charge in [0.2, 0.25) is 0 Å². The van der Waals surface area contributed by atoms with Crippen LogP contribution in [0.1, 0.15) is 5.56 Å². The van der Waals surface area contributed by atoms with E-state index in [0.717, 1.165) is 11.1 Å². The van der Waals surface area contributed by atoms with Crippen LogP contribution in [0.15, 0.2) is 30.6 Å². The maximum atomic E-state index is 13.1. The van der Waals surface area contributed by atoms with Gasteiger partial charge in [0.05, 0.1) is 0 Å². The molecule has 4 nitrogen and oxygen atoms in total. The highest BCUT2D eigenvalue weighted by Gasteiger charge is 2.12. The fourth-order valence-corrected chi connectivity index (χ4v) is 2.04. The lowest BCUT2D eigenvalue weighted by Gasteiger charge is -2.04. The molecule has 0 bridgehead atoms. The molecule has 0 aliphatic heterocycles. The molecule has 3 rings (SSSR count). The normalized spacial score (nSPS) is 11.1. The summed E-state index contributed by atoms with van der Waals surface area (Å²) in [7, 11) is 0. The molecule has 0 fully saturated rings. The van der Waals surface area contributed by atoms with Crippen molar-refractivity contribution in [3.8, 4) is 11.4 Å². The van der Waals surface area contributed by atoms with Gasteiger partial charge >= 0.3 is 0 Å². The summed E-state index contributed by atoms with van der Waals surface area (Å²) in [5.74, 6) is 0.344. The summed E-state index contributed by atoms with van der Waals surface area (Å²) in [5, 5.41) is 8.35. The number of fused-ring (bicyclic) bond motifs is 1. The van der Waals surface area contributed by atoms with E-state index in [1.165, 1.54) is 12.1 Å². The first-order valence-corrected chi connectivity index (χ1v) is 5.66. The van der Waals surface area contributed by atoms with E-state index in [1.54, 1.807) is 22.9 Å². The molecule has 6 heteroatoms. The third-order valence-corrected chi connectivity index (χ3v) is 2.98. The SMILES string of the molecule is Cc1cc(F)ccc1-c1nnc2c(Cl)nccn12. The van der Waals surface area contributed by atoms with Crippen LogP contribution in [0.4, 0.5) is 4.39 Å². The van der Waals surface area contributed by atoms with Crippen molar-refractivity contribution in [2.24, 2.45) is 0 Å². The largest absolute Gasteiger partial charge is 0.278 e. The molecule has 0 saturated heterocycles. The van der Waals surface area contributed by atoms with Crippen LogP contribution in [0.3, 0.4) is 0 Å². The van der Waals surface area contributed by atoms with Gasteiger partial charge in [-0.05, 0) is 30.7 Å². The Morgan fingerprint density at radius 3 is 2.89 bits per heavy atom. The second kappa shape index (κ2) is 4.03. The monoisotopic (exact) mass is 262 g/mol. The average molecular weight is 263 g/mol. The Kier molecular flexibility index (Phi) is 2.48. The molecule has 2 heterocycles. The molecule has 2 aromatic heterocycles. The first-order chi connectivity index (χ1) is 8.66. The fraction of sp³-hybridized carbons (Fsp3) is 0.0833. The third-order valence-electron chi connectivity index (χ3n) is 2.71. The summed E-state index contributed by atoms with van der Waals surface area (Å²) in [6.07, 6.45) is 3.29. The summed E-state index contributed by atoms with van der Waals surface area (Å²) in [6.45, 7) is 1.82. The van der Waals surface area contributed by atoms with Gasteiger partial charge in [0.1, 0.15) is 5.82 Å². The van der Waals surface area contributed by atoms with E-state index >= 15 is 0 Å². The van der Waals surface area contributed by atoms with Gasteiger partial charge in [-0.25, -0.2) is 9.37 Å². The number of aryl methyl sites for hydroxylation is 1. The highest BCUT2D eigenvalue weighted by molar-refractivity contribution is 6.32. The number of benzene rings is 1. The standard InChI is InChI=1S/C12H8ClFN4/c1-7-6-8(14)2-3-9(7)11-16-17-12-10(13)15-4-5-18(11)12/h2-6H,1H3. The second-order valence-electron chi connectivity index (χ2n) is 3.89. The van der Waals surface area contributed by atoms with Gasteiger partial charge in [-0.1, -0.05) is 11.6 Å². The Morgan fingerprint density at radius 1 is 1.28 bits per heavy atom. The van der Waals surface area contributed by atoms with Crippen LogP contribution < -0.4 is 0 Å². The van der Waals surface area contributed by atoms with E-state index in [2.05, 4.69) is 15.2 Å². The topological polar surface area (TPSA) is 43.1 Å². The van der Waals surface area contributed by atoms with Crippen LogP contribution in [0.2, 0.25) is 5.15 Å². The number of aromatic nitrogens is 4. The Hall–Kier alpha value is -2.01. The van der Waals surface area contributed by atoms with Crippen LogP contribution in [-0.2, 0) is 0 Å². The lowest BCUT2D eigenvalue weighted by atomic mass is 10.1. The predicted molar refractivity (Wildman–Crippen MR) is 65.9 cm³/mol. The van der Waals surface area contributed by atoms with Gasteiger partial charge in [0, 0.05) is 18.0 Å². The Labute approximate surface area is 107 Å². The molecule has 0 saturated carbocycles. The van der Waals surface area contributed by atoms with E-state index in [4.69, 9.17) is 11.6 Å². The van der Waals surface area contributed by atoms with Crippen LogP contribution in [-0.4, -0.2) is 19.6 Å². The van der Waals surface area contributed by atoms with Gasteiger partial charge in [-0.15, -0.1) is 10.2 Å². The van der Waals surface area contributed by atoms with Gasteiger partial charge in [-0.3, -0.25) is 4.40 Å². The van der Waals surface area contributed by atoms with Crippen molar-refractivity contribution in [3.05, 3.63) is 47.1 Å². The van der Waals surface area contributed by atoms with Crippen molar-refractivity contribution >= 4 is 17.2 Å². The van der Waals surface area contributed by atoms with Crippen LogP contribution in [0.25, 0.3) is 17.0 Å². The highest BCUT2D eigenvalue weighted by Crippen LogP contribution is 2.24. The molecule has 0 spiro atoms. The van der Waals surface area contributed by atoms with Gasteiger partial charge in [0.15, 0.2) is 16.6 Å². The van der Waals surface area contributed by atoms with Crippen molar-refractivity contribution in [3.63, 3.8) is 0 Å². The lowest BCUT2D eigenvalue weighted by molar-refractivity contribution is 0.627. The van der Waals surface area contributed by atoms with Crippen molar-refractivity contribution in [2.75, 3.05) is 0 Å². The first-order valence-electron chi connectivity index (χ1n) is 5.28. The van der Waals surface area contributed by atoms with Crippen molar-refractivity contribution in [1.82, 2.24) is 19.6 Å². The summed E-state index contributed by atoms with van der Waals surface area (Å²) in [4.78, 5) is 3.93. The zero-order valence-electron chi connectivity index (χ0n) is 9.43. The number of hydrogen-bond acceptors (Lipinski definition) is 3. The van der Waals surface area contributed by atoms with E-state index in [9.17, 15) is 4.39 Å². The molecule has 90 valence electrons. The minimum atomic E-state index is -0.273. The summed E-state index contributed by atoms with van der Waals surface area (Å²) in [6, 6.07) is 4.53. The van der Waals surface area contributed by atoms with Gasteiger partial charge < -0.3 is 0 Å². The summed E-state index contributed by atoms with van der Waals surface area (Å²) in [5.41, 5.74) is 2.08. The number of halogens is 2. The van der Waals surface area contributed by atoms with E-state index in [0.29, 0.717) is 11.5 Å². The number of hydrogen-bond donors (Lipinski definition) is 0. The second-order valence-corrected chi connectivity index (χ2v) is 4.25. The maximum Gasteiger partial charge on any atom is 0.198 e. The fourth-order valence-electron chi connectivity index (χ4n) is 1.86. The van der Waals surface area contributed by atoms with Crippen molar-refractivity contribution in [1.29, 1.82) is 0 Å².